The number of hydrogen-bond acceptors (Lipinski definition) is 5. The molecule has 24 heavy (non-hydrogen) atoms. The van der Waals surface area contributed by atoms with Gasteiger partial charge in [0.25, 0.3) is 5.69 Å². The molecule has 0 radical (unpaired) electrons. The van der Waals surface area contributed by atoms with Crippen LogP contribution in [0.1, 0.15) is 15.9 Å². The number of benzene rings is 2. The molecule has 0 spiro atoms. The van der Waals surface area contributed by atoms with Gasteiger partial charge < -0.3 is 9.47 Å². The number of rotatable bonds is 8. The largest absolute Gasteiger partial charge is 0.491 e. The maximum absolute atomic E-state index is 12.1. The van der Waals surface area contributed by atoms with Gasteiger partial charge in [-0.15, -0.1) is 0 Å². The first kappa shape index (κ1) is 17.4. The van der Waals surface area contributed by atoms with Crippen LogP contribution in [0.3, 0.4) is 0 Å². The molecule has 6 heteroatoms. The summed E-state index contributed by atoms with van der Waals surface area (Å²) in [5.41, 5.74) is 1.27. The summed E-state index contributed by atoms with van der Waals surface area (Å²) in [4.78, 5) is 22.2. The van der Waals surface area contributed by atoms with Crippen LogP contribution in [-0.2, 0) is 4.74 Å². The van der Waals surface area contributed by atoms with E-state index in [0.717, 1.165) is 0 Å². The quantitative estimate of drug-likeness (QED) is 0.244. The van der Waals surface area contributed by atoms with Crippen molar-refractivity contribution in [2.75, 3.05) is 20.3 Å². The molecule has 0 heterocycles. The van der Waals surface area contributed by atoms with Crippen molar-refractivity contribution in [2.45, 2.75) is 0 Å². The topological polar surface area (TPSA) is 78.7 Å². The lowest BCUT2D eigenvalue weighted by molar-refractivity contribution is -0.384. The van der Waals surface area contributed by atoms with Gasteiger partial charge in [0.15, 0.2) is 5.78 Å². The minimum absolute atomic E-state index is 0.0162. The number of allylic oxidation sites excluding steroid dienone is 1. The molecule has 0 atom stereocenters. The fourth-order valence-electron chi connectivity index (χ4n) is 1.93. The zero-order valence-corrected chi connectivity index (χ0v) is 13.2. The molecule has 124 valence electrons. The normalized spacial score (nSPS) is 10.7. The van der Waals surface area contributed by atoms with Crippen molar-refractivity contribution in [3.63, 3.8) is 0 Å². The number of hydrogen-bond donors (Lipinski definition) is 0. The van der Waals surface area contributed by atoms with Crippen molar-refractivity contribution in [3.05, 3.63) is 75.8 Å². The van der Waals surface area contributed by atoms with E-state index in [-0.39, 0.29) is 11.5 Å². The third kappa shape index (κ3) is 5.03. The molecule has 0 bridgehead atoms. The molecular weight excluding hydrogens is 310 g/mol. The van der Waals surface area contributed by atoms with Crippen molar-refractivity contribution in [3.8, 4) is 5.75 Å². The summed E-state index contributed by atoms with van der Waals surface area (Å²) in [6.07, 6.45) is 3.05. The Hall–Kier alpha value is -2.99. The van der Waals surface area contributed by atoms with Crippen LogP contribution in [-0.4, -0.2) is 31.0 Å². The van der Waals surface area contributed by atoms with Crippen molar-refractivity contribution in [1.29, 1.82) is 0 Å². The van der Waals surface area contributed by atoms with Gasteiger partial charge in [-0.2, -0.15) is 0 Å². The van der Waals surface area contributed by atoms with E-state index in [4.69, 9.17) is 9.47 Å². The fraction of sp³-hybridized carbons (Fsp3) is 0.167. The molecule has 0 aliphatic heterocycles. The Morgan fingerprint density at radius 1 is 1.08 bits per heavy atom. The van der Waals surface area contributed by atoms with Gasteiger partial charge >= 0.3 is 0 Å². The lowest BCUT2D eigenvalue weighted by Gasteiger charge is -2.05. The molecule has 0 N–H and O–H groups in total. The minimum Gasteiger partial charge on any atom is -0.491 e. The number of methoxy groups -OCH3 is 1. The van der Waals surface area contributed by atoms with E-state index in [1.165, 1.54) is 18.2 Å². The first-order valence-electron chi connectivity index (χ1n) is 7.29. The van der Waals surface area contributed by atoms with Crippen molar-refractivity contribution in [2.24, 2.45) is 0 Å². The number of nitrogens with zero attached hydrogens (tertiary/aromatic N) is 1. The predicted molar refractivity (Wildman–Crippen MR) is 90.3 cm³/mol. The Labute approximate surface area is 139 Å². The van der Waals surface area contributed by atoms with Crippen LogP contribution >= 0.6 is 0 Å². The highest BCUT2D eigenvalue weighted by molar-refractivity contribution is 6.06. The van der Waals surface area contributed by atoms with Crippen molar-refractivity contribution >= 4 is 17.5 Å². The monoisotopic (exact) mass is 327 g/mol. The zero-order valence-electron chi connectivity index (χ0n) is 13.2. The second kappa shape index (κ2) is 8.59. The Morgan fingerprint density at radius 2 is 1.75 bits per heavy atom. The van der Waals surface area contributed by atoms with Gasteiger partial charge in [-0.1, -0.05) is 6.08 Å². The lowest BCUT2D eigenvalue weighted by atomic mass is 10.1. The Kier molecular flexibility index (Phi) is 6.22. The molecule has 2 aromatic carbocycles. The number of carbonyl (C=O) groups excluding carboxylic acids is 1. The van der Waals surface area contributed by atoms with Crippen LogP contribution in [0.25, 0.3) is 6.08 Å². The average molecular weight is 327 g/mol. The predicted octanol–water partition coefficient (Wildman–Crippen LogP) is 3.52. The molecule has 2 rings (SSSR count). The average Bonchev–Trinajstić information content (AvgIpc) is 2.61. The van der Waals surface area contributed by atoms with E-state index in [0.29, 0.717) is 30.1 Å². The molecule has 0 amide bonds. The molecule has 0 fully saturated rings. The first-order chi connectivity index (χ1) is 11.6. The summed E-state index contributed by atoms with van der Waals surface area (Å²) in [5, 5.41) is 10.6. The Balaban J connectivity index is 1.97. The summed E-state index contributed by atoms with van der Waals surface area (Å²) in [5.74, 6) is 0.514. The number of ether oxygens (including phenoxy) is 2. The smallest absolute Gasteiger partial charge is 0.269 e. The molecule has 2 aromatic rings. The van der Waals surface area contributed by atoms with Crippen LogP contribution < -0.4 is 4.74 Å². The van der Waals surface area contributed by atoms with E-state index >= 15 is 0 Å². The summed E-state index contributed by atoms with van der Waals surface area (Å²) in [6.45, 7) is 0.947. The van der Waals surface area contributed by atoms with Crippen LogP contribution in [0, 0.1) is 10.1 Å². The third-order valence-corrected chi connectivity index (χ3v) is 3.23. The minimum atomic E-state index is -0.463. The highest BCUT2D eigenvalue weighted by Crippen LogP contribution is 2.15. The van der Waals surface area contributed by atoms with Gasteiger partial charge in [-0.05, 0) is 48.0 Å². The Bertz CT molecular complexity index is 720. The standard InChI is InChI=1S/C18H17NO5/c1-23-12-13-24-17-9-5-15(6-10-17)18(20)11-4-14-2-7-16(8-3-14)19(21)22/h2-11H,12-13H2,1H3/b11-4+. The molecule has 0 aromatic heterocycles. The number of carbonyl (C=O) groups is 1. The number of non-ortho nitro benzene ring substituents is 1. The SMILES string of the molecule is COCCOc1ccc(C(=O)/C=C/c2ccc([N+](=O)[O-])cc2)cc1. The van der Waals surface area contributed by atoms with Crippen molar-refractivity contribution in [1.82, 2.24) is 0 Å². The van der Waals surface area contributed by atoms with Crippen LogP contribution in [0.2, 0.25) is 0 Å². The molecule has 6 nitrogen and oxygen atoms in total. The van der Waals surface area contributed by atoms with E-state index in [2.05, 4.69) is 0 Å². The van der Waals surface area contributed by atoms with Crippen molar-refractivity contribution < 1.29 is 19.2 Å². The number of nitro groups is 1. The highest BCUT2D eigenvalue weighted by Gasteiger charge is 2.04. The number of nitro benzene ring substituents is 1. The lowest BCUT2D eigenvalue weighted by Crippen LogP contribution is -2.04. The third-order valence-electron chi connectivity index (χ3n) is 3.23. The van der Waals surface area contributed by atoms with Gasteiger partial charge in [-0.3, -0.25) is 14.9 Å². The van der Waals surface area contributed by atoms with E-state index in [1.54, 1.807) is 49.6 Å². The molecule has 0 unspecified atom stereocenters. The second-order valence-electron chi connectivity index (χ2n) is 4.91. The van der Waals surface area contributed by atoms with E-state index < -0.39 is 4.92 Å². The second-order valence-corrected chi connectivity index (χ2v) is 4.91. The summed E-state index contributed by atoms with van der Waals surface area (Å²) < 4.78 is 10.3. The fourth-order valence-corrected chi connectivity index (χ4v) is 1.93. The van der Waals surface area contributed by atoms with Gasteiger partial charge in [0, 0.05) is 24.8 Å². The maximum atomic E-state index is 12.1. The summed E-state index contributed by atoms with van der Waals surface area (Å²) >= 11 is 0. The van der Waals surface area contributed by atoms with Gasteiger partial charge in [-0.25, -0.2) is 0 Å². The highest BCUT2D eigenvalue weighted by atomic mass is 16.6. The number of ketones is 1. The first-order valence-corrected chi connectivity index (χ1v) is 7.29. The Morgan fingerprint density at radius 3 is 2.33 bits per heavy atom. The maximum Gasteiger partial charge on any atom is 0.269 e. The van der Waals surface area contributed by atoms with Crippen LogP contribution in [0.15, 0.2) is 54.6 Å². The molecule has 0 aliphatic rings. The molecular formula is C18H17NO5. The van der Waals surface area contributed by atoms with Gasteiger partial charge in [0.05, 0.1) is 11.5 Å². The van der Waals surface area contributed by atoms with E-state index in [1.807, 2.05) is 0 Å². The molecule has 0 aliphatic carbocycles. The zero-order chi connectivity index (χ0) is 17.4. The van der Waals surface area contributed by atoms with Gasteiger partial charge in [0.2, 0.25) is 0 Å². The van der Waals surface area contributed by atoms with Gasteiger partial charge in [0.1, 0.15) is 12.4 Å². The summed E-state index contributed by atoms with van der Waals surface area (Å²) in [6, 6.07) is 12.8. The summed E-state index contributed by atoms with van der Waals surface area (Å²) in [7, 11) is 1.60. The van der Waals surface area contributed by atoms with E-state index in [9.17, 15) is 14.9 Å². The molecule has 0 saturated heterocycles. The van der Waals surface area contributed by atoms with Crippen LogP contribution in [0.5, 0.6) is 5.75 Å². The van der Waals surface area contributed by atoms with Crippen LogP contribution in [0.4, 0.5) is 5.69 Å². The molecule has 0 saturated carbocycles.